The zero-order chi connectivity index (χ0) is 13.8. The van der Waals surface area contributed by atoms with Crippen LogP contribution in [0.5, 0.6) is 0 Å². The molecule has 0 saturated carbocycles. The van der Waals surface area contributed by atoms with Crippen LogP contribution in [0.4, 0.5) is 13.2 Å². The van der Waals surface area contributed by atoms with E-state index >= 15 is 0 Å². The summed E-state index contributed by atoms with van der Waals surface area (Å²) in [5.74, 6) is 0. The predicted octanol–water partition coefficient (Wildman–Crippen LogP) is 2.91. The van der Waals surface area contributed by atoms with Crippen molar-refractivity contribution in [1.29, 1.82) is 0 Å². The normalized spacial score (nSPS) is 15.4. The fraction of sp³-hybridized carbons (Fsp3) is 0.538. The maximum atomic E-state index is 12.8. The van der Waals surface area contributed by atoms with Gasteiger partial charge in [-0.3, -0.25) is 0 Å². The van der Waals surface area contributed by atoms with Crippen molar-refractivity contribution in [3.63, 3.8) is 0 Å². The summed E-state index contributed by atoms with van der Waals surface area (Å²) >= 11 is 0. The molecule has 18 heavy (non-hydrogen) atoms. The molecule has 0 heterocycles. The van der Waals surface area contributed by atoms with Gasteiger partial charge in [-0.05, 0) is 38.1 Å². The molecule has 1 rings (SSSR count). The second kappa shape index (κ2) is 5.71. The van der Waals surface area contributed by atoms with Crippen LogP contribution in [-0.4, -0.2) is 18.2 Å². The first-order valence-electron chi connectivity index (χ1n) is 5.89. The van der Waals surface area contributed by atoms with Gasteiger partial charge in [-0.2, -0.15) is 13.2 Å². The molecule has 1 aromatic rings. The van der Waals surface area contributed by atoms with Gasteiger partial charge in [-0.1, -0.05) is 25.1 Å². The third-order valence-corrected chi connectivity index (χ3v) is 2.85. The Balaban J connectivity index is 3.00. The molecule has 0 aromatic heterocycles. The molecule has 1 atom stereocenters. The Labute approximate surface area is 105 Å². The van der Waals surface area contributed by atoms with Gasteiger partial charge in [0.15, 0.2) is 0 Å². The summed E-state index contributed by atoms with van der Waals surface area (Å²) in [6.45, 7) is 4.50. The molecule has 2 N–H and O–H groups in total. The molecular weight excluding hydrogens is 243 g/mol. The summed E-state index contributed by atoms with van der Waals surface area (Å²) < 4.78 is 38.5. The minimum absolute atomic E-state index is 0.0737. The average molecular weight is 261 g/mol. The standard InChI is InChI=1S/C13H18F3NO/c1-3-17-9-8-12(2,18)10-6-4-5-7-11(10)13(14,15)16/h4-7,17-18H,3,8-9H2,1-2H3. The Hall–Kier alpha value is -1.07. The van der Waals surface area contributed by atoms with Gasteiger partial charge in [0.2, 0.25) is 0 Å². The lowest BCUT2D eigenvalue weighted by Crippen LogP contribution is -2.30. The van der Waals surface area contributed by atoms with Crippen molar-refractivity contribution in [1.82, 2.24) is 5.32 Å². The van der Waals surface area contributed by atoms with Crippen molar-refractivity contribution < 1.29 is 18.3 Å². The van der Waals surface area contributed by atoms with Crippen LogP contribution < -0.4 is 5.32 Å². The highest BCUT2D eigenvalue weighted by Gasteiger charge is 2.38. The molecule has 1 unspecified atom stereocenters. The Morgan fingerprint density at radius 3 is 2.22 bits per heavy atom. The summed E-state index contributed by atoms with van der Waals surface area (Å²) in [7, 11) is 0. The lowest BCUT2D eigenvalue weighted by Gasteiger charge is -2.27. The van der Waals surface area contributed by atoms with Crippen molar-refractivity contribution in [2.24, 2.45) is 0 Å². The van der Waals surface area contributed by atoms with Crippen LogP contribution in [0.2, 0.25) is 0 Å². The maximum Gasteiger partial charge on any atom is 0.416 e. The van der Waals surface area contributed by atoms with E-state index in [9.17, 15) is 18.3 Å². The van der Waals surface area contributed by atoms with E-state index in [1.165, 1.54) is 25.1 Å². The number of halogens is 3. The van der Waals surface area contributed by atoms with Gasteiger partial charge in [0.05, 0.1) is 11.2 Å². The van der Waals surface area contributed by atoms with Gasteiger partial charge in [-0.25, -0.2) is 0 Å². The van der Waals surface area contributed by atoms with Crippen LogP contribution in [0.15, 0.2) is 24.3 Å². The van der Waals surface area contributed by atoms with Gasteiger partial charge in [0.1, 0.15) is 0 Å². The molecule has 0 amide bonds. The van der Waals surface area contributed by atoms with E-state index in [1.807, 2.05) is 6.92 Å². The van der Waals surface area contributed by atoms with Crippen LogP contribution in [0.25, 0.3) is 0 Å². The van der Waals surface area contributed by atoms with Crippen molar-refractivity contribution in [2.75, 3.05) is 13.1 Å². The lowest BCUT2D eigenvalue weighted by atomic mass is 9.88. The highest BCUT2D eigenvalue weighted by Crippen LogP contribution is 2.37. The number of benzene rings is 1. The third-order valence-electron chi connectivity index (χ3n) is 2.85. The van der Waals surface area contributed by atoms with Crippen LogP contribution >= 0.6 is 0 Å². The first-order valence-corrected chi connectivity index (χ1v) is 5.89. The molecule has 0 saturated heterocycles. The number of rotatable bonds is 5. The molecule has 0 fully saturated rings. The second-order valence-electron chi connectivity index (χ2n) is 4.42. The van der Waals surface area contributed by atoms with E-state index in [2.05, 4.69) is 5.32 Å². The van der Waals surface area contributed by atoms with E-state index < -0.39 is 17.3 Å². The topological polar surface area (TPSA) is 32.3 Å². The van der Waals surface area contributed by atoms with Crippen molar-refractivity contribution in [2.45, 2.75) is 32.0 Å². The maximum absolute atomic E-state index is 12.8. The highest BCUT2D eigenvalue weighted by atomic mass is 19.4. The molecule has 2 nitrogen and oxygen atoms in total. The second-order valence-corrected chi connectivity index (χ2v) is 4.42. The van der Waals surface area contributed by atoms with Crippen molar-refractivity contribution in [3.8, 4) is 0 Å². The molecule has 0 aliphatic rings. The van der Waals surface area contributed by atoms with Gasteiger partial charge < -0.3 is 10.4 Å². The van der Waals surface area contributed by atoms with Crippen molar-refractivity contribution >= 4 is 0 Å². The molecule has 0 radical (unpaired) electrons. The quantitative estimate of drug-likeness (QED) is 0.799. The summed E-state index contributed by atoms with van der Waals surface area (Å²) in [5, 5.41) is 13.2. The lowest BCUT2D eigenvalue weighted by molar-refractivity contribution is -0.140. The third kappa shape index (κ3) is 3.71. The van der Waals surface area contributed by atoms with Crippen molar-refractivity contribution in [3.05, 3.63) is 35.4 Å². The molecule has 0 aliphatic carbocycles. The summed E-state index contributed by atoms with van der Waals surface area (Å²) in [4.78, 5) is 0. The summed E-state index contributed by atoms with van der Waals surface area (Å²) in [6.07, 6.45) is -4.22. The fourth-order valence-corrected chi connectivity index (χ4v) is 1.84. The summed E-state index contributed by atoms with van der Waals surface area (Å²) in [5.41, 5.74) is -2.34. The Morgan fingerprint density at radius 1 is 1.17 bits per heavy atom. The van der Waals surface area contributed by atoms with Gasteiger partial charge in [0.25, 0.3) is 0 Å². The van der Waals surface area contributed by atoms with E-state index in [0.29, 0.717) is 6.54 Å². The molecule has 5 heteroatoms. The number of alkyl halides is 3. The zero-order valence-electron chi connectivity index (χ0n) is 10.5. The first-order chi connectivity index (χ1) is 8.29. The minimum Gasteiger partial charge on any atom is -0.385 e. The fourth-order valence-electron chi connectivity index (χ4n) is 1.84. The predicted molar refractivity (Wildman–Crippen MR) is 64.2 cm³/mol. The van der Waals surface area contributed by atoms with Gasteiger partial charge in [-0.15, -0.1) is 0 Å². The SMILES string of the molecule is CCNCCC(C)(O)c1ccccc1C(F)(F)F. The van der Waals surface area contributed by atoms with Crippen LogP contribution in [0, 0.1) is 0 Å². The minimum atomic E-state index is -4.45. The van der Waals surface area contributed by atoms with Gasteiger partial charge in [0, 0.05) is 0 Å². The number of hydrogen-bond donors (Lipinski definition) is 2. The number of hydrogen-bond acceptors (Lipinski definition) is 2. The molecule has 0 spiro atoms. The Bertz CT molecular complexity index is 388. The van der Waals surface area contributed by atoms with Gasteiger partial charge >= 0.3 is 6.18 Å². The van der Waals surface area contributed by atoms with E-state index in [-0.39, 0.29) is 12.0 Å². The molecule has 102 valence electrons. The van der Waals surface area contributed by atoms with Crippen LogP contribution in [0.3, 0.4) is 0 Å². The highest BCUT2D eigenvalue weighted by molar-refractivity contribution is 5.34. The molecule has 0 aliphatic heterocycles. The monoisotopic (exact) mass is 261 g/mol. The number of nitrogens with one attached hydrogen (secondary N) is 1. The van der Waals surface area contributed by atoms with Crippen LogP contribution in [0.1, 0.15) is 31.4 Å². The summed E-state index contributed by atoms with van der Waals surface area (Å²) in [6, 6.07) is 5.16. The van der Waals surface area contributed by atoms with Crippen LogP contribution in [-0.2, 0) is 11.8 Å². The Kier molecular flexibility index (Phi) is 4.76. The van der Waals surface area contributed by atoms with E-state index in [1.54, 1.807) is 0 Å². The first kappa shape index (κ1) is 15.0. The average Bonchev–Trinajstić information content (AvgIpc) is 2.28. The smallest absolute Gasteiger partial charge is 0.385 e. The largest absolute Gasteiger partial charge is 0.416 e. The van der Waals surface area contributed by atoms with E-state index in [4.69, 9.17) is 0 Å². The van der Waals surface area contributed by atoms with E-state index in [0.717, 1.165) is 12.6 Å². The number of aliphatic hydroxyl groups is 1. The molecular formula is C13H18F3NO. The molecule has 1 aromatic carbocycles. The molecule has 0 bridgehead atoms. The zero-order valence-corrected chi connectivity index (χ0v) is 10.5. The Morgan fingerprint density at radius 2 is 1.72 bits per heavy atom.